The van der Waals surface area contributed by atoms with Crippen LogP contribution >= 0.6 is 0 Å². The molecule has 4 aliphatic carbocycles. The van der Waals surface area contributed by atoms with E-state index in [9.17, 15) is 19.1 Å². The van der Waals surface area contributed by atoms with Crippen LogP contribution in [0.3, 0.4) is 0 Å². The molecule has 1 amide bonds. The molecule has 168 valence electrons. The lowest BCUT2D eigenvalue weighted by atomic mass is 9.52. The minimum Gasteiger partial charge on any atom is -0.390 e. The van der Waals surface area contributed by atoms with Gasteiger partial charge in [0.15, 0.2) is 5.78 Å². The minimum atomic E-state index is -0.527. The molecule has 5 heteroatoms. The highest BCUT2D eigenvalue weighted by Gasteiger charge is 2.57. The summed E-state index contributed by atoms with van der Waals surface area (Å²) in [6.45, 7) is 4.12. The van der Waals surface area contributed by atoms with Crippen LogP contribution in [0.15, 0.2) is 48.5 Å². The molecular formula is C27H30FNO3. The van der Waals surface area contributed by atoms with Gasteiger partial charge in [-0.25, -0.2) is 4.39 Å². The number of benzene rings is 2. The van der Waals surface area contributed by atoms with Crippen molar-refractivity contribution in [1.82, 2.24) is 4.90 Å². The van der Waals surface area contributed by atoms with Crippen molar-refractivity contribution in [3.8, 4) is 0 Å². The largest absolute Gasteiger partial charge is 0.390 e. The van der Waals surface area contributed by atoms with E-state index in [0.29, 0.717) is 34.4 Å². The third-order valence-corrected chi connectivity index (χ3v) is 7.80. The average molecular weight is 436 g/mol. The van der Waals surface area contributed by atoms with E-state index in [-0.39, 0.29) is 29.6 Å². The van der Waals surface area contributed by atoms with Crippen LogP contribution in [0.4, 0.5) is 4.39 Å². The van der Waals surface area contributed by atoms with E-state index in [2.05, 4.69) is 13.8 Å². The van der Waals surface area contributed by atoms with Crippen LogP contribution < -0.4 is 0 Å². The Kier molecular flexibility index (Phi) is 5.20. The summed E-state index contributed by atoms with van der Waals surface area (Å²) in [5.41, 5.74) is 0.935. The van der Waals surface area contributed by atoms with E-state index in [1.165, 1.54) is 24.3 Å². The maximum Gasteiger partial charge on any atom is 0.254 e. The topological polar surface area (TPSA) is 57.6 Å². The lowest BCUT2D eigenvalue weighted by Crippen LogP contribution is -2.63. The number of hydrogen-bond donors (Lipinski definition) is 1. The van der Waals surface area contributed by atoms with Gasteiger partial charge in [0.25, 0.3) is 5.91 Å². The molecule has 4 aliphatic rings. The summed E-state index contributed by atoms with van der Waals surface area (Å²) in [6, 6.07) is 12.5. The van der Waals surface area contributed by atoms with Gasteiger partial charge in [-0.1, -0.05) is 12.1 Å². The molecule has 0 heterocycles. The van der Waals surface area contributed by atoms with Crippen molar-refractivity contribution in [2.45, 2.75) is 63.6 Å². The van der Waals surface area contributed by atoms with E-state index < -0.39 is 5.60 Å². The number of carbonyl (C=O) groups is 2. The smallest absolute Gasteiger partial charge is 0.254 e. The van der Waals surface area contributed by atoms with E-state index >= 15 is 0 Å². The number of nitrogens with zero attached hydrogens (tertiary/aromatic N) is 1. The quantitative estimate of drug-likeness (QED) is 0.684. The molecule has 4 bridgehead atoms. The molecule has 0 spiro atoms. The second-order valence-corrected chi connectivity index (χ2v) is 10.4. The molecule has 0 aliphatic heterocycles. The molecule has 0 saturated heterocycles. The van der Waals surface area contributed by atoms with Crippen molar-refractivity contribution in [2.24, 2.45) is 17.8 Å². The van der Waals surface area contributed by atoms with Gasteiger partial charge in [-0.05, 0) is 100 Å². The summed E-state index contributed by atoms with van der Waals surface area (Å²) in [6.07, 6.45) is 4.72. The highest BCUT2D eigenvalue weighted by molar-refractivity contribution is 6.09. The number of amides is 1. The molecule has 4 fully saturated rings. The molecule has 1 N–H and O–H groups in total. The number of halogens is 1. The molecule has 4 saturated carbocycles. The van der Waals surface area contributed by atoms with Gasteiger partial charge < -0.3 is 10.0 Å². The van der Waals surface area contributed by atoms with E-state index in [0.717, 1.165) is 32.1 Å². The average Bonchev–Trinajstić information content (AvgIpc) is 2.74. The van der Waals surface area contributed by atoms with Crippen LogP contribution in [0.2, 0.25) is 0 Å². The van der Waals surface area contributed by atoms with Gasteiger partial charge in [0.2, 0.25) is 0 Å². The number of aliphatic hydroxyl groups is 1. The first-order valence-electron chi connectivity index (χ1n) is 11.7. The zero-order valence-corrected chi connectivity index (χ0v) is 18.6. The van der Waals surface area contributed by atoms with Crippen LogP contribution in [0, 0.1) is 23.6 Å². The lowest BCUT2D eigenvalue weighted by Gasteiger charge is -2.60. The van der Waals surface area contributed by atoms with Gasteiger partial charge in [-0.3, -0.25) is 9.59 Å². The van der Waals surface area contributed by atoms with Crippen LogP contribution in [-0.2, 0) is 0 Å². The first-order valence-corrected chi connectivity index (χ1v) is 11.7. The molecule has 32 heavy (non-hydrogen) atoms. The normalized spacial score (nSPS) is 30.5. The second kappa shape index (κ2) is 7.80. The SMILES string of the molecule is CC(C)N(C(=O)c1ccc(C(=O)c2ccc(F)cc2)cc1)C1C2CC3CC1CC(O)(C3)C2. The third-order valence-electron chi connectivity index (χ3n) is 7.80. The molecule has 0 radical (unpaired) electrons. The Balaban J connectivity index is 1.37. The molecular weight excluding hydrogens is 405 g/mol. The van der Waals surface area contributed by atoms with Gasteiger partial charge in [0, 0.05) is 28.8 Å². The molecule has 0 aromatic heterocycles. The van der Waals surface area contributed by atoms with Crippen molar-refractivity contribution in [1.29, 1.82) is 0 Å². The fourth-order valence-corrected chi connectivity index (χ4v) is 6.80. The van der Waals surface area contributed by atoms with Crippen molar-refractivity contribution in [2.75, 3.05) is 0 Å². The standard InChI is InChI=1S/C27H30FNO3/c1-16(2)29(24-21-11-17-12-22(24)15-27(32,13-17)14-21)26(31)20-5-3-18(4-6-20)25(30)19-7-9-23(28)10-8-19/h3-10,16-17,21-22,24,32H,11-15H2,1-2H3. The van der Waals surface area contributed by atoms with Gasteiger partial charge in [0.1, 0.15) is 5.82 Å². The predicted molar refractivity (Wildman–Crippen MR) is 120 cm³/mol. The summed E-state index contributed by atoms with van der Waals surface area (Å²) in [5, 5.41) is 10.9. The van der Waals surface area contributed by atoms with E-state index in [4.69, 9.17) is 0 Å². The Morgan fingerprint density at radius 3 is 1.91 bits per heavy atom. The van der Waals surface area contributed by atoms with E-state index in [1.54, 1.807) is 24.3 Å². The van der Waals surface area contributed by atoms with Crippen LogP contribution in [0.5, 0.6) is 0 Å². The molecule has 2 atom stereocenters. The Hall–Kier alpha value is -2.53. The number of rotatable bonds is 5. The highest BCUT2D eigenvalue weighted by Crippen LogP contribution is 2.57. The Morgan fingerprint density at radius 2 is 1.41 bits per heavy atom. The predicted octanol–water partition coefficient (Wildman–Crippen LogP) is 4.85. The molecule has 6 rings (SSSR count). The first kappa shape index (κ1) is 21.3. The summed E-state index contributed by atoms with van der Waals surface area (Å²) in [5.74, 6) is 0.723. The first-order chi connectivity index (χ1) is 15.2. The van der Waals surface area contributed by atoms with Crippen LogP contribution in [0.1, 0.15) is 72.2 Å². The van der Waals surface area contributed by atoms with Crippen molar-refractivity contribution in [3.05, 3.63) is 71.0 Å². The van der Waals surface area contributed by atoms with E-state index in [1.807, 2.05) is 4.90 Å². The fraction of sp³-hybridized carbons (Fsp3) is 0.481. The maximum absolute atomic E-state index is 13.6. The van der Waals surface area contributed by atoms with Gasteiger partial charge in [-0.2, -0.15) is 0 Å². The van der Waals surface area contributed by atoms with Crippen LogP contribution in [0.25, 0.3) is 0 Å². The van der Waals surface area contributed by atoms with Crippen molar-refractivity contribution in [3.63, 3.8) is 0 Å². The third kappa shape index (κ3) is 3.66. The number of carbonyl (C=O) groups excluding carboxylic acids is 2. The maximum atomic E-state index is 13.6. The molecule has 2 aromatic rings. The zero-order chi connectivity index (χ0) is 22.6. The van der Waals surface area contributed by atoms with Crippen LogP contribution in [-0.4, -0.2) is 39.4 Å². The van der Waals surface area contributed by atoms with Crippen molar-refractivity contribution < 1.29 is 19.1 Å². The lowest BCUT2D eigenvalue weighted by molar-refractivity contribution is -0.157. The molecule has 2 aromatic carbocycles. The van der Waals surface area contributed by atoms with Gasteiger partial charge in [0.05, 0.1) is 5.60 Å². The minimum absolute atomic E-state index is 0.00903. The molecule has 4 nitrogen and oxygen atoms in total. The second-order valence-electron chi connectivity index (χ2n) is 10.4. The summed E-state index contributed by atoms with van der Waals surface area (Å²) in [4.78, 5) is 28.3. The fourth-order valence-electron chi connectivity index (χ4n) is 6.80. The number of ketones is 1. The summed E-state index contributed by atoms with van der Waals surface area (Å²) in [7, 11) is 0. The number of hydrogen-bond acceptors (Lipinski definition) is 3. The zero-order valence-electron chi connectivity index (χ0n) is 18.6. The Labute approximate surface area is 188 Å². The van der Waals surface area contributed by atoms with Gasteiger partial charge in [-0.15, -0.1) is 0 Å². The van der Waals surface area contributed by atoms with Gasteiger partial charge >= 0.3 is 0 Å². The summed E-state index contributed by atoms with van der Waals surface area (Å²) >= 11 is 0. The molecule has 2 unspecified atom stereocenters. The Morgan fingerprint density at radius 1 is 0.906 bits per heavy atom. The van der Waals surface area contributed by atoms with Crippen molar-refractivity contribution >= 4 is 11.7 Å². The summed E-state index contributed by atoms with van der Waals surface area (Å²) < 4.78 is 13.2. The monoisotopic (exact) mass is 435 g/mol. The highest BCUT2D eigenvalue weighted by atomic mass is 19.1. The Bertz CT molecular complexity index is 1010.